The molecule has 12 heavy (non-hydrogen) atoms. The molecule has 0 aliphatic carbocycles. The zero-order chi connectivity index (χ0) is 8.97. The average Bonchev–Trinajstić information content (AvgIpc) is 2.51. The largest absolute Gasteiger partial charge is 0.292 e. The third-order valence-electron chi connectivity index (χ3n) is 1.34. The van der Waals surface area contributed by atoms with Crippen molar-refractivity contribution in [3.05, 3.63) is 22.4 Å². The Morgan fingerprint density at radius 2 is 2.42 bits per heavy atom. The predicted octanol–water partition coefficient (Wildman–Crippen LogP) is 3.07. The lowest BCUT2D eigenvalue weighted by Gasteiger charge is -2.01. The molecular formula is C9H12OS2. The molecule has 0 saturated carbocycles. The molecule has 3 heteroatoms. The Bertz CT molecular complexity index is 239. The van der Waals surface area contributed by atoms with Crippen molar-refractivity contribution in [2.75, 3.05) is 5.75 Å². The highest BCUT2D eigenvalue weighted by atomic mass is 32.2. The summed E-state index contributed by atoms with van der Waals surface area (Å²) in [6.07, 6.45) is 0. The van der Waals surface area contributed by atoms with Gasteiger partial charge in [-0.25, -0.2) is 0 Å². The second kappa shape index (κ2) is 4.67. The van der Waals surface area contributed by atoms with E-state index in [1.807, 2.05) is 17.5 Å². The number of thioether (sulfide) groups is 1. The van der Waals surface area contributed by atoms with Gasteiger partial charge in [-0.3, -0.25) is 4.79 Å². The van der Waals surface area contributed by atoms with E-state index in [1.165, 1.54) is 11.3 Å². The Morgan fingerprint density at radius 1 is 1.67 bits per heavy atom. The second-order valence-electron chi connectivity index (χ2n) is 2.76. The van der Waals surface area contributed by atoms with Crippen molar-refractivity contribution in [2.45, 2.75) is 19.1 Å². The molecule has 0 bridgehead atoms. The molecule has 1 aromatic heterocycles. The Hall–Kier alpha value is -0.280. The molecule has 1 aromatic rings. The predicted molar refractivity (Wildman–Crippen MR) is 56.2 cm³/mol. The molecule has 1 heterocycles. The highest BCUT2D eigenvalue weighted by molar-refractivity contribution is 8.00. The van der Waals surface area contributed by atoms with Gasteiger partial charge in [0.2, 0.25) is 0 Å². The normalized spacial score (nSPS) is 10.6. The first-order chi connectivity index (χ1) is 5.70. The lowest BCUT2D eigenvalue weighted by atomic mass is 10.4. The summed E-state index contributed by atoms with van der Waals surface area (Å²) in [5.41, 5.74) is 0. The van der Waals surface area contributed by atoms with E-state index in [2.05, 4.69) is 13.8 Å². The molecule has 0 atom stereocenters. The van der Waals surface area contributed by atoms with Crippen LogP contribution in [-0.2, 0) is 0 Å². The van der Waals surface area contributed by atoms with Crippen LogP contribution in [0.5, 0.6) is 0 Å². The van der Waals surface area contributed by atoms with Crippen LogP contribution in [0.15, 0.2) is 17.5 Å². The number of carbonyl (C=O) groups excluding carboxylic acids is 1. The minimum Gasteiger partial charge on any atom is -0.292 e. The maximum atomic E-state index is 11.4. The molecule has 66 valence electrons. The van der Waals surface area contributed by atoms with Crippen LogP contribution in [0.4, 0.5) is 0 Å². The van der Waals surface area contributed by atoms with Gasteiger partial charge < -0.3 is 0 Å². The molecule has 0 aliphatic heterocycles. The first kappa shape index (κ1) is 9.81. The van der Waals surface area contributed by atoms with Crippen LogP contribution in [-0.4, -0.2) is 16.8 Å². The van der Waals surface area contributed by atoms with Crippen molar-refractivity contribution in [1.82, 2.24) is 0 Å². The van der Waals surface area contributed by atoms with Gasteiger partial charge in [0.15, 0.2) is 5.78 Å². The van der Waals surface area contributed by atoms with Crippen molar-refractivity contribution in [3.8, 4) is 0 Å². The first-order valence-electron chi connectivity index (χ1n) is 3.88. The van der Waals surface area contributed by atoms with Crippen LogP contribution in [0.1, 0.15) is 23.5 Å². The lowest BCUT2D eigenvalue weighted by molar-refractivity contribution is 0.102. The molecule has 0 amide bonds. The van der Waals surface area contributed by atoms with Gasteiger partial charge in [-0.15, -0.1) is 11.3 Å². The molecule has 1 rings (SSSR count). The summed E-state index contributed by atoms with van der Waals surface area (Å²) in [5.74, 6) is 0.863. The Morgan fingerprint density at radius 3 is 2.92 bits per heavy atom. The van der Waals surface area contributed by atoms with Gasteiger partial charge >= 0.3 is 0 Å². The molecule has 0 aliphatic rings. The maximum Gasteiger partial charge on any atom is 0.182 e. The fraction of sp³-hybridized carbons (Fsp3) is 0.444. The van der Waals surface area contributed by atoms with Gasteiger partial charge in [0.1, 0.15) is 0 Å². The van der Waals surface area contributed by atoms with Crippen LogP contribution < -0.4 is 0 Å². The van der Waals surface area contributed by atoms with Gasteiger partial charge in [0.05, 0.1) is 10.6 Å². The van der Waals surface area contributed by atoms with Crippen LogP contribution in [0, 0.1) is 0 Å². The Balaban J connectivity index is 2.40. The van der Waals surface area contributed by atoms with Crippen molar-refractivity contribution in [2.24, 2.45) is 0 Å². The summed E-state index contributed by atoms with van der Waals surface area (Å²) >= 11 is 3.21. The number of rotatable bonds is 4. The monoisotopic (exact) mass is 200 g/mol. The van der Waals surface area contributed by atoms with E-state index < -0.39 is 0 Å². The molecule has 0 fully saturated rings. The SMILES string of the molecule is CC(C)SCC(=O)c1cccs1. The third kappa shape index (κ3) is 2.99. The van der Waals surface area contributed by atoms with Crippen molar-refractivity contribution < 1.29 is 4.79 Å². The number of ketones is 1. The van der Waals surface area contributed by atoms with E-state index >= 15 is 0 Å². The summed E-state index contributed by atoms with van der Waals surface area (Å²) in [5, 5.41) is 2.47. The molecule has 1 nitrogen and oxygen atoms in total. The zero-order valence-corrected chi connectivity index (χ0v) is 8.87. The number of carbonyl (C=O) groups is 1. The van der Waals surface area contributed by atoms with Crippen LogP contribution >= 0.6 is 23.1 Å². The second-order valence-corrected chi connectivity index (χ2v) is 5.27. The van der Waals surface area contributed by atoms with Gasteiger partial charge in [-0.2, -0.15) is 11.8 Å². The number of hydrogen-bond donors (Lipinski definition) is 0. The summed E-state index contributed by atoms with van der Waals surface area (Å²) in [7, 11) is 0. The van der Waals surface area contributed by atoms with Crippen molar-refractivity contribution in [1.29, 1.82) is 0 Å². The summed E-state index contributed by atoms with van der Waals surface area (Å²) in [6.45, 7) is 4.21. The van der Waals surface area contributed by atoms with Gasteiger partial charge in [0, 0.05) is 0 Å². The quantitative estimate of drug-likeness (QED) is 0.695. The van der Waals surface area contributed by atoms with Crippen LogP contribution in [0.25, 0.3) is 0 Å². The average molecular weight is 200 g/mol. The van der Waals surface area contributed by atoms with Crippen LogP contribution in [0.3, 0.4) is 0 Å². The summed E-state index contributed by atoms with van der Waals surface area (Å²) < 4.78 is 0. The molecule has 0 radical (unpaired) electrons. The highest BCUT2D eigenvalue weighted by Gasteiger charge is 2.07. The van der Waals surface area contributed by atoms with E-state index in [0.717, 1.165) is 4.88 Å². The van der Waals surface area contributed by atoms with E-state index in [9.17, 15) is 4.79 Å². The molecule has 0 N–H and O–H groups in total. The van der Waals surface area contributed by atoms with Crippen molar-refractivity contribution >= 4 is 28.9 Å². The standard InChI is InChI=1S/C9H12OS2/c1-7(2)12-6-8(10)9-4-3-5-11-9/h3-5,7H,6H2,1-2H3. The van der Waals surface area contributed by atoms with E-state index in [4.69, 9.17) is 0 Å². The molecule has 0 spiro atoms. The maximum absolute atomic E-state index is 11.4. The molecule has 0 saturated heterocycles. The number of Topliss-reactive ketones (excluding diaryl/α,β-unsaturated/α-hetero) is 1. The van der Waals surface area contributed by atoms with Gasteiger partial charge in [-0.05, 0) is 16.7 Å². The van der Waals surface area contributed by atoms with E-state index in [-0.39, 0.29) is 5.78 Å². The van der Waals surface area contributed by atoms with Gasteiger partial charge in [-0.1, -0.05) is 19.9 Å². The fourth-order valence-electron chi connectivity index (χ4n) is 0.751. The van der Waals surface area contributed by atoms with E-state index in [0.29, 0.717) is 11.0 Å². The highest BCUT2D eigenvalue weighted by Crippen LogP contribution is 2.15. The third-order valence-corrected chi connectivity index (χ3v) is 3.35. The number of hydrogen-bond acceptors (Lipinski definition) is 3. The summed E-state index contributed by atoms with van der Waals surface area (Å²) in [6, 6.07) is 3.80. The molecular weight excluding hydrogens is 188 g/mol. The molecule has 0 aromatic carbocycles. The molecule has 0 unspecified atom stereocenters. The fourth-order valence-corrected chi connectivity index (χ4v) is 2.15. The van der Waals surface area contributed by atoms with Gasteiger partial charge in [0.25, 0.3) is 0 Å². The smallest absolute Gasteiger partial charge is 0.182 e. The topological polar surface area (TPSA) is 17.1 Å². The minimum absolute atomic E-state index is 0.253. The Labute approximate surface area is 81.2 Å². The van der Waals surface area contributed by atoms with Crippen LogP contribution in [0.2, 0.25) is 0 Å². The number of thiophene rings is 1. The summed E-state index contributed by atoms with van der Waals surface area (Å²) in [4.78, 5) is 12.3. The van der Waals surface area contributed by atoms with E-state index in [1.54, 1.807) is 11.8 Å². The Kier molecular flexibility index (Phi) is 3.82. The first-order valence-corrected chi connectivity index (χ1v) is 5.81. The minimum atomic E-state index is 0.253. The lowest BCUT2D eigenvalue weighted by Crippen LogP contribution is -2.02. The zero-order valence-electron chi connectivity index (χ0n) is 7.24. The van der Waals surface area contributed by atoms with Crippen molar-refractivity contribution in [3.63, 3.8) is 0 Å².